The fourth-order valence-corrected chi connectivity index (χ4v) is 17.5. The third-order valence-corrected chi connectivity index (χ3v) is 19.4. The molecule has 27 heavy (non-hydrogen) atoms. The van der Waals surface area contributed by atoms with Gasteiger partial charge in [-0.15, -0.1) is 0 Å². The van der Waals surface area contributed by atoms with Crippen LogP contribution in [-0.4, -0.2) is 31.6 Å². The summed E-state index contributed by atoms with van der Waals surface area (Å²) in [5.74, 6) is 0. The maximum atomic E-state index is 8.68. The fraction of sp³-hybridized carbons (Fsp3) is 0.208. The van der Waals surface area contributed by atoms with E-state index in [-0.39, 0.29) is 0 Å². The summed E-state index contributed by atoms with van der Waals surface area (Å²) in [5.41, 5.74) is 0. The zero-order valence-electron chi connectivity index (χ0n) is 15.6. The first-order valence-electron chi connectivity index (χ1n) is 9.49. The summed E-state index contributed by atoms with van der Waals surface area (Å²) in [6.07, 6.45) is 1.48. The van der Waals surface area contributed by atoms with E-state index in [4.69, 9.17) is 10.00 Å². The van der Waals surface area contributed by atoms with Crippen molar-refractivity contribution in [2.24, 2.45) is 0 Å². The predicted molar refractivity (Wildman–Crippen MR) is 114 cm³/mol. The Labute approximate surface area is 166 Å². The third kappa shape index (κ3) is 4.80. The van der Waals surface area contributed by atoms with Gasteiger partial charge in [-0.1, -0.05) is 0 Å². The van der Waals surface area contributed by atoms with Gasteiger partial charge in [0.15, 0.2) is 0 Å². The van der Waals surface area contributed by atoms with Gasteiger partial charge in [0.1, 0.15) is 0 Å². The molecule has 0 aliphatic rings. The summed E-state index contributed by atoms with van der Waals surface area (Å²) in [7, 11) is 0. The van der Waals surface area contributed by atoms with Crippen LogP contribution in [0.2, 0.25) is 4.44 Å². The number of ether oxygens (including phenoxy) is 1. The van der Waals surface area contributed by atoms with Crippen molar-refractivity contribution < 1.29 is 4.74 Å². The zero-order chi connectivity index (χ0) is 18.8. The van der Waals surface area contributed by atoms with Crippen molar-refractivity contribution in [3.63, 3.8) is 0 Å². The van der Waals surface area contributed by atoms with Crippen LogP contribution in [0.3, 0.4) is 0 Å². The van der Waals surface area contributed by atoms with E-state index in [0.717, 1.165) is 10.9 Å². The standard InChI is InChI=1S/C6H10NO.3C6H5.Sn/c1-2-5-8-6-3-4-7;3*1-2-4-6-5-3-1;/h1-3,5-6H2;3*1-5H;. The molecular formula is C24H25NOSn. The van der Waals surface area contributed by atoms with E-state index in [1.54, 1.807) is 0 Å². The van der Waals surface area contributed by atoms with Crippen molar-refractivity contribution in [2.45, 2.75) is 17.3 Å². The van der Waals surface area contributed by atoms with Crippen molar-refractivity contribution in [1.82, 2.24) is 0 Å². The Morgan fingerprint density at radius 1 is 0.667 bits per heavy atom. The molecule has 0 aromatic heterocycles. The van der Waals surface area contributed by atoms with Gasteiger partial charge in [0.05, 0.1) is 0 Å². The van der Waals surface area contributed by atoms with E-state index < -0.39 is 18.4 Å². The van der Waals surface area contributed by atoms with Gasteiger partial charge in [-0.3, -0.25) is 0 Å². The van der Waals surface area contributed by atoms with Crippen LogP contribution in [0.4, 0.5) is 0 Å². The normalized spacial score (nSPS) is 11.1. The molecule has 0 aliphatic carbocycles. The fourth-order valence-electron chi connectivity index (χ4n) is 3.76. The second kappa shape index (κ2) is 10.3. The van der Waals surface area contributed by atoms with E-state index in [1.165, 1.54) is 10.7 Å². The van der Waals surface area contributed by atoms with Gasteiger partial charge in [-0.2, -0.15) is 0 Å². The van der Waals surface area contributed by atoms with Crippen molar-refractivity contribution >= 4 is 29.1 Å². The van der Waals surface area contributed by atoms with Crippen LogP contribution in [0, 0.1) is 11.3 Å². The molecule has 0 atom stereocenters. The minimum absolute atomic E-state index is 0.463. The second-order valence-electron chi connectivity index (χ2n) is 6.63. The number of nitrogens with zero attached hydrogens (tertiary/aromatic N) is 1. The van der Waals surface area contributed by atoms with Gasteiger partial charge < -0.3 is 0 Å². The average Bonchev–Trinajstić information content (AvgIpc) is 2.75. The molecule has 136 valence electrons. The molecule has 0 N–H and O–H groups in total. The van der Waals surface area contributed by atoms with E-state index in [1.807, 2.05) is 0 Å². The van der Waals surface area contributed by atoms with Gasteiger partial charge in [-0.05, 0) is 0 Å². The monoisotopic (exact) mass is 463 g/mol. The Kier molecular flexibility index (Phi) is 7.50. The molecule has 0 amide bonds. The summed E-state index contributed by atoms with van der Waals surface area (Å²) in [4.78, 5) is 0. The Morgan fingerprint density at radius 2 is 1.11 bits per heavy atom. The number of hydrogen-bond donors (Lipinski definition) is 0. The summed E-state index contributed by atoms with van der Waals surface area (Å²) in [6.45, 7) is 1.24. The van der Waals surface area contributed by atoms with Crippen LogP contribution < -0.4 is 10.7 Å². The van der Waals surface area contributed by atoms with Crippen LogP contribution in [0.15, 0.2) is 91.0 Å². The number of nitriles is 1. The Morgan fingerprint density at radius 3 is 1.52 bits per heavy atom. The minimum atomic E-state index is -3.12. The van der Waals surface area contributed by atoms with Gasteiger partial charge in [0.25, 0.3) is 0 Å². The summed E-state index contributed by atoms with van der Waals surface area (Å²) in [5, 5.41) is 8.68. The first-order valence-corrected chi connectivity index (χ1v) is 15.8. The topological polar surface area (TPSA) is 33.0 Å². The third-order valence-electron chi connectivity index (χ3n) is 5.00. The van der Waals surface area contributed by atoms with Gasteiger partial charge >= 0.3 is 167 Å². The second-order valence-corrected chi connectivity index (χ2v) is 18.2. The Balaban J connectivity index is 2.00. The SMILES string of the molecule is N#CCCOCC[CH2][Sn]([c]1ccccc1)([c]1ccccc1)[c]1ccccc1. The number of hydrogen-bond acceptors (Lipinski definition) is 2. The van der Waals surface area contributed by atoms with Gasteiger partial charge in [-0.25, -0.2) is 0 Å². The van der Waals surface area contributed by atoms with Crippen molar-refractivity contribution in [2.75, 3.05) is 13.2 Å². The molecule has 0 spiro atoms. The average molecular weight is 462 g/mol. The van der Waals surface area contributed by atoms with Crippen LogP contribution in [0.5, 0.6) is 0 Å². The van der Waals surface area contributed by atoms with Crippen LogP contribution in [0.1, 0.15) is 12.8 Å². The Bertz CT molecular complexity index is 747. The molecule has 0 saturated heterocycles. The summed E-state index contributed by atoms with van der Waals surface area (Å²) < 4.78 is 11.3. The number of benzene rings is 3. The molecule has 3 rings (SSSR count). The van der Waals surface area contributed by atoms with E-state index in [2.05, 4.69) is 97.1 Å². The van der Waals surface area contributed by atoms with Crippen molar-refractivity contribution in [3.8, 4) is 6.07 Å². The van der Waals surface area contributed by atoms with Gasteiger partial charge in [0.2, 0.25) is 0 Å². The van der Waals surface area contributed by atoms with Crippen LogP contribution >= 0.6 is 0 Å². The predicted octanol–water partition coefficient (Wildman–Crippen LogP) is 3.48. The molecule has 0 fully saturated rings. The zero-order valence-corrected chi connectivity index (χ0v) is 18.4. The summed E-state index contributed by atoms with van der Waals surface area (Å²) >= 11 is -3.12. The summed E-state index contributed by atoms with van der Waals surface area (Å²) in [6, 6.07) is 35.3. The molecule has 0 saturated carbocycles. The molecule has 3 aromatic rings. The number of rotatable bonds is 9. The van der Waals surface area contributed by atoms with E-state index in [9.17, 15) is 0 Å². The quantitative estimate of drug-likeness (QED) is 0.361. The maximum absolute atomic E-state index is 8.68. The molecule has 0 heterocycles. The first kappa shape index (κ1) is 19.7. The first-order chi connectivity index (χ1) is 13.4. The van der Waals surface area contributed by atoms with E-state index >= 15 is 0 Å². The molecule has 0 unspecified atom stereocenters. The molecular weight excluding hydrogens is 437 g/mol. The van der Waals surface area contributed by atoms with E-state index in [0.29, 0.717) is 19.6 Å². The van der Waals surface area contributed by atoms with Crippen molar-refractivity contribution in [3.05, 3.63) is 91.0 Å². The van der Waals surface area contributed by atoms with Crippen LogP contribution in [-0.2, 0) is 4.74 Å². The van der Waals surface area contributed by atoms with Crippen LogP contribution in [0.25, 0.3) is 0 Å². The molecule has 0 radical (unpaired) electrons. The molecule has 3 aromatic carbocycles. The van der Waals surface area contributed by atoms with Gasteiger partial charge in [0, 0.05) is 0 Å². The molecule has 0 bridgehead atoms. The molecule has 3 heteroatoms. The van der Waals surface area contributed by atoms with Crippen molar-refractivity contribution in [1.29, 1.82) is 5.26 Å². The molecule has 2 nitrogen and oxygen atoms in total. The Hall–Kier alpha value is -2.09. The molecule has 0 aliphatic heterocycles.